The Bertz CT molecular complexity index is 1340. The van der Waals surface area contributed by atoms with Crippen molar-refractivity contribution in [2.75, 3.05) is 0 Å². The number of fused-ring (bicyclic) bond motifs is 4. The van der Waals surface area contributed by atoms with Crippen LogP contribution in [-0.2, 0) is 0 Å². The lowest BCUT2D eigenvalue weighted by atomic mass is 10.0. The molecule has 1 aromatic heterocycles. The van der Waals surface area contributed by atoms with Crippen LogP contribution >= 0.6 is 0 Å². The van der Waals surface area contributed by atoms with Crippen molar-refractivity contribution in [1.82, 2.24) is 4.57 Å². The first-order valence-electron chi connectivity index (χ1n) is 8.76. The van der Waals surface area contributed by atoms with Gasteiger partial charge in [0.2, 0.25) is 0 Å². The van der Waals surface area contributed by atoms with E-state index in [1.165, 1.54) is 5.56 Å². The summed E-state index contributed by atoms with van der Waals surface area (Å²) in [5.74, 6) is 0. The van der Waals surface area contributed by atoms with Crippen LogP contribution in [0.5, 0.6) is 0 Å². The summed E-state index contributed by atoms with van der Waals surface area (Å²) in [6, 6.07) is 28.5. The SMILES string of the molecule is Cc1ccc(-n2c3ccccc3c(=O)c3ccc4ccccc4c32)cc1. The van der Waals surface area contributed by atoms with Crippen molar-refractivity contribution in [3.05, 3.63) is 101 Å². The fraction of sp³-hybridized carbons (Fsp3) is 0.0417. The molecule has 0 aliphatic rings. The third kappa shape index (κ3) is 2.09. The Balaban J connectivity index is 2.11. The lowest BCUT2D eigenvalue weighted by Gasteiger charge is -2.17. The molecule has 2 nitrogen and oxygen atoms in total. The topological polar surface area (TPSA) is 22.0 Å². The van der Waals surface area contributed by atoms with Crippen molar-refractivity contribution in [1.29, 1.82) is 0 Å². The van der Waals surface area contributed by atoms with Crippen LogP contribution in [0, 0.1) is 6.92 Å². The smallest absolute Gasteiger partial charge is 0.197 e. The van der Waals surface area contributed by atoms with Crippen LogP contribution in [0.1, 0.15) is 5.56 Å². The molecule has 0 amide bonds. The highest BCUT2D eigenvalue weighted by atomic mass is 16.1. The quantitative estimate of drug-likeness (QED) is 0.288. The molecule has 0 N–H and O–H groups in total. The zero-order valence-electron chi connectivity index (χ0n) is 14.4. The Hall–Kier alpha value is -3.39. The second-order valence-corrected chi connectivity index (χ2v) is 6.70. The molecule has 5 aromatic rings. The first-order valence-corrected chi connectivity index (χ1v) is 8.76. The van der Waals surface area contributed by atoms with Crippen molar-refractivity contribution in [3.8, 4) is 5.69 Å². The molecule has 4 aromatic carbocycles. The number of pyridine rings is 1. The van der Waals surface area contributed by atoms with E-state index in [4.69, 9.17) is 0 Å². The molecule has 0 unspecified atom stereocenters. The van der Waals surface area contributed by atoms with Gasteiger partial charge >= 0.3 is 0 Å². The molecule has 124 valence electrons. The molecule has 0 saturated carbocycles. The van der Waals surface area contributed by atoms with E-state index in [2.05, 4.69) is 47.9 Å². The van der Waals surface area contributed by atoms with E-state index >= 15 is 0 Å². The highest BCUT2D eigenvalue weighted by molar-refractivity contribution is 6.09. The van der Waals surface area contributed by atoms with Crippen molar-refractivity contribution >= 4 is 32.6 Å². The van der Waals surface area contributed by atoms with Gasteiger partial charge in [-0.25, -0.2) is 0 Å². The van der Waals surface area contributed by atoms with Gasteiger partial charge in [-0.15, -0.1) is 0 Å². The minimum absolute atomic E-state index is 0.0877. The van der Waals surface area contributed by atoms with Crippen LogP contribution in [0.15, 0.2) is 89.7 Å². The summed E-state index contributed by atoms with van der Waals surface area (Å²) < 4.78 is 2.22. The molecule has 0 aliphatic carbocycles. The molecule has 1 heterocycles. The van der Waals surface area contributed by atoms with Gasteiger partial charge in [0, 0.05) is 21.8 Å². The largest absolute Gasteiger partial charge is 0.308 e. The first kappa shape index (κ1) is 14.9. The van der Waals surface area contributed by atoms with Gasteiger partial charge in [0.25, 0.3) is 0 Å². The number of nitrogens with zero attached hydrogens (tertiary/aromatic N) is 1. The Morgan fingerprint density at radius 3 is 2.15 bits per heavy atom. The highest BCUT2D eigenvalue weighted by Gasteiger charge is 2.14. The molecule has 0 saturated heterocycles. The first-order chi connectivity index (χ1) is 12.7. The molecule has 0 bridgehead atoms. The maximum Gasteiger partial charge on any atom is 0.197 e. The van der Waals surface area contributed by atoms with Crippen LogP contribution in [0.2, 0.25) is 0 Å². The lowest BCUT2D eigenvalue weighted by molar-refractivity contribution is 1.16. The zero-order valence-corrected chi connectivity index (χ0v) is 14.4. The van der Waals surface area contributed by atoms with Gasteiger partial charge in [-0.05, 0) is 42.6 Å². The molecule has 0 atom stereocenters. The molecule has 0 aliphatic heterocycles. The standard InChI is InChI=1S/C24H17NO/c1-16-10-13-18(14-11-16)25-22-9-5-4-8-20(22)24(26)21-15-12-17-6-2-3-7-19(17)23(21)25/h2-15H,1H3. The molecule has 0 fully saturated rings. The van der Waals surface area contributed by atoms with E-state index in [9.17, 15) is 4.79 Å². The van der Waals surface area contributed by atoms with E-state index in [-0.39, 0.29) is 5.43 Å². The lowest BCUT2D eigenvalue weighted by Crippen LogP contribution is -2.10. The van der Waals surface area contributed by atoms with E-state index < -0.39 is 0 Å². The second kappa shape index (κ2) is 5.57. The van der Waals surface area contributed by atoms with E-state index in [0.29, 0.717) is 0 Å². The molecule has 2 heteroatoms. The summed E-state index contributed by atoms with van der Waals surface area (Å²) in [6.45, 7) is 2.08. The molecular weight excluding hydrogens is 318 g/mol. The summed E-state index contributed by atoms with van der Waals surface area (Å²) in [5, 5.41) is 3.72. The van der Waals surface area contributed by atoms with Crippen molar-refractivity contribution in [2.24, 2.45) is 0 Å². The van der Waals surface area contributed by atoms with Crippen LogP contribution < -0.4 is 5.43 Å². The van der Waals surface area contributed by atoms with Crippen LogP contribution in [-0.4, -0.2) is 4.57 Å². The number of hydrogen-bond donors (Lipinski definition) is 0. The zero-order chi connectivity index (χ0) is 17.7. The van der Waals surface area contributed by atoms with Crippen LogP contribution in [0.4, 0.5) is 0 Å². The van der Waals surface area contributed by atoms with Crippen LogP contribution in [0.3, 0.4) is 0 Å². The maximum absolute atomic E-state index is 13.2. The normalized spacial score (nSPS) is 11.4. The number of para-hydroxylation sites is 1. The summed E-state index contributed by atoms with van der Waals surface area (Å²) in [5.41, 5.74) is 4.27. The monoisotopic (exact) mass is 335 g/mol. The van der Waals surface area contributed by atoms with Gasteiger partial charge in [0.1, 0.15) is 0 Å². The summed E-state index contributed by atoms with van der Waals surface area (Å²) in [7, 11) is 0. The van der Waals surface area contributed by atoms with Gasteiger partial charge in [-0.2, -0.15) is 0 Å². The second-order valence-electron chi connectivity index (χ2n) is 6.70. The summed E-state index contributed by atoms with van der Waals surface area (Å²) in [4.78, 5) is 13.2. The summed E-state index contributed by atoms with van der Waals surface area (Å²) in [6.07, 6.45) is 0. The Morgan fingerprint density at radius 2 is 1.35 bits per heavy atom. The molecular formula is C24H17NO. The van der Waals surface area contributed by atoms with Gasteiger partial charge in [-0.1, -0.05) is 60.2 Å². The predicted octanol–water partition coefficient (Wildman–Crippen LogP) is 5.61. The Labute approximate surface area is 150 Å². The number of hydrogen-bond acceptors (Lipinski definition) is 1. The van der Waals surface area contributed by atoms with E-state index in [1.807, 2.05) is 48.5 Å². The van der Waals surface area contributed by atoms with Crippen molar-refractivity contribution < 1.29 is 0 Å². The van der Waals surface area contributed by atoms with Crippen molar-refractivity contribution in [3.63, 3.8) is 0 Å². The fourth-order valence-corrected chi connectivity index (χ4v) is 3.77. The van der Waals surface area contributed by atoms with Gasteiger partial charge in [0.15, 0.2) is 5.43 Å². The van der Waals surface area contributed by atoms with Gasteiger partial charge < -0.3 is 4.57 Å². The average Bonchev–Trinajstić information content (AvgIpc) is 2.69. The minimum atomic E-state index is 0.0877. The van der Waals surface area contributed by atoms with Crippen molar-refractivity contribution in [2.45, 2.75) is 6.92 Å². The minimum Gasteiger partial charge on any atom is -0.308 e. The average molecular weight is 335 g/mol. The number of aromatic nitrogens is 1. The van der Waals surface area contributed by atoms with E-state index in [0.717, 1.165) is 38.3 Å². The maximum atomic E-state index is 13.2. The Morgan fingerprint density at radius 1 is 0.654 bits per heavy atom. The number of aryl methyl sites for hydroxylation is 1. The van der Waals surface area contributed by atoms with Gasteiger partial charge in [-0.3, -0.25) is 4.79 Å². The predicted molar refractivity (Wildman–Crippen MR) is 109 cm³/mol. The third-order valence-electron chi connectivity index (χ3n) is 5.05. The molecule has 0 spiro atoms. The Kier molecular flexibility index (Phi) is 3.19. The molecule has 5 rings (SSSR count). The molecule has 0 radical (unpaired) electrons. The van der Waals surface area contributed by atoms with Crippen LogP contribution in [0.25, 0.3) is 38.3 Å². The fourth-order valence-electron chi connectivity index (χ4n) is 3.77. The number of rotatable bonds is 1. The molecule has 26 heavy (non-hydrogen) atoms. The van der Waals surface area contributed by atoms with E-state index in [1.54, 1.807) is 0 Å². The third-order valence-corrected chi connectivity index (χ3v) is 5.05. The van der Waals surface area contributed by atoms with Gasteiger partial charge in [0.05, 0.1) is 11.0 Å². The summed E-state index contributed by atoms with van der Waals surface area (Å²) >= 11 is 0. The highest BCUT2D eigenvalue weighted by Crippen LogP contribution is 2.29. The number of benzene rings is 4.